The van der Waals surface area contributed by atoms with Gasteiger partial charge in [-0.15, -0.1) is 0 Å². The van der Waals surface area contributed by atoms with Crippen molar-refractivity contribution in [2.24, 2.45) is 5.92 Å². The average molecular weight is 501 g/mol. The Labute approximate surface area is 211 Å². The fourth-order valence-corrected chi connectivity index (χ4v) is 5.27. The molecule has 1 aromatic carbocycles. The van der Waals surface area contributed by atoms with Gasteiger partial charge in [0.05, 0.1) is 18.2 Å². The number of aryl methyl sites for hydroxylation is 1. The van der Waals surface area contributed by atoms with E-state index < -0.39 is 6.03 Å². The maximum atomic E-state index is 12.8. The van der Waals surface area contributed by atoms with Crippen LogP contribution in [0.1, 0.15) is 44.6 Å². The number of rotatable bonds is 7. The normalized spacial score (nSPS) is 23.3. The molecule has 36 heavy (non-hydrogen) atoms. The molecule has 1 aliphatic carbocycles. The highest BCUT2D eigenvalue weighted by atomic mass is 16.5. The van der Waals surface area contributed by atoms with E-state index in [0.717, 1.165) is 44.3 Å². The van der Waals surface area contributed by atoms with Crippen molar-refractivity contribution in [1.29, 1.82) is 0 Å². The number of anilines is 1. The number of hydrogen-bond acceptors (Lipinski definition) is 7. The minimum Gasteiger partial charge on any atom is -0.484 e. The van der Waals surface area contributed by atoms with E-state index in [-0.39, 0.29) is 36.7 Å². The molecular formula is C26H36N4O6. The Morgan fingerprint density at radius 2 is 1.75 bits per heavy atom. The van der Waals surface area contributed by atoms with Crippen molar-refractivity contribution in [2.75, 3.05) is 50.8 Å². The number of urea groups is 1. The molecule has 1 N–H and O–H groups in total. The summed E-state index contributed by atoms with van der Waals surface area (Å²) in [4.78, 5) is 54.2. The highest BCUT2D eigenvalue weighted by Gasteiger charge is 2.32. The molecule has 2 aliphatic heterocycles. The summed E-state index contributed by atoms with van der Waals surface area (Å²) in [6, 6.07) is 5.37. The molecule has 0 radical (unpaired) electrons. The monoisotopic (exact) mass is 500 g/mol. The molecule has 10 nitrogen and oxygen atoms in total. The topological polar surface area (TPSA) is 108 Å². The van der Waals surface area contributed by atoms with Gasteiger partial charge in [-0.05, 0) is 51.2 Å². The lowest BCUT2D eigenvalue weighted by molar-refractivity contribution is -0.149. The Morgan fingerprint density at radius 3 is 2.42 bits per heavy atom. The van der Waals surface area contributed by atoms with Crippen LogP contribution in [0.25, 0.3) is 0 Å². The summed E-state index contributed by atoms with van der Waals surface area (Å²) in [6.45, 7) is 7.34. The van der Waals surface area contributed by atoms with Crippen LogP contribution in [0.2, 0.25) is 0 Å². The van der Waals surface area contributed by atoms with Crippen molar-refractivity contribution in [3.05, 3.63) is 23.8 Å². The van der Waals surface area contributed by atoms with E-state index in [0.29, 0.717) is 43.7 Å². The average Bonchev–Trinajstić information content (AvgIpc) is 2.89. The van der Waals surface area contributed by atoms with E-state index in [2.05, 4.69) is 10.2 Å². The largest absolute Gasteiger partial charge is 0.484 e. The van der Waals surface area contributed by atoms with Crippen molar-refractivity contribution in [2.45, 2.75) is 52.0 Å². The van der Waals surface area contributed by atoms with Gasteiger partial charge in [-0.3, -0.25) is 29.5 Å². The van der Waals surface area contributed by atoms with E-state index >= 15 is 0 Å². The lowest BCUT2D eigenvalue weighted by Gasteiger charge is -2.41. The third-order valence-electron chi connectivity index (χ3n) is 7.39. The molecule has 0 spiro atoms. The molecule has 10 heteroatoms. The van der Waals surface area contributed by atoms with Crippen molar-refractivity contribution in [3.8, 4) is 5.75 Å². The van der Waals surface area contributed by atoms with Gasteiger partial charge in [-0.1, -0.05) is 6.07 Å². The fourth-order valence-electron chi connectivity index (χ4n) is 5.27. The van der Waals surface area contributed by atoms with Crippen LogP contribution in [0, 0.1) is 12.8 Å². The highest BCUT2D eigenvalue weighted by Crippen LogP contribution is 2.30. The van der Waals surface area contributed by atoms with Crippen LogP contribution < -0.4 is 15.0 Å². The van der Waals surface area contributed by atoms with Gasteiger partial charge in [0.1, 0.15) is 5.75 Å². The third kappa shape index (κ3) is 6.16. The van der Waals surface area contributed by atoms with Gasteiger partial charge >= 0.3 is 12.0 Å². The van der Waals surface area contributed by atoms with Crippen LogP contribution in [-0.4, -0.2) is 85.6 Å². The standard InChI is InChI=1S/C26H36N4O6/c1-3-35-25(33)19-5-7-20(8-6-19)28-12-14-29(15-13-28)24(32)17-36-21-9-4-18(2)22(16-21)30-11-10-23(31)27-26(30)34/h4,9,16,19-20H,3,5-8,10-15,17H2,1-2H3,(H,27,31,34). The van der Waals surface area contributed by atoms with Crippen molar-refractivity contribution in [1.82, 2.24) is 15.1 Å². The fraction of sp³-hybridized carbons (Fsp3) is 0.615. The molecule has 0 bridgehead atoms. The second-order valence-electron chi connectivity index (χ2n) is 9.67. The first-order chi connectivity index (χ1) is 17.4. The molecule has 2 heterocycles. The van der Waals surface area contributed by atoms with Crippen LogP contribution >= 0.6 is 0 Å². The van der Waals surface area contributed by atoms with Gasteiger partial charge in [0.2, 0.25) is 5.91 Å². The van der Waals surface area contributed by atoms with Gasteiger partial charge in [0.25, 0.3) is 5.91 Å². The van der Waals surface area contributed by atoms with E-state index in [1.807, 2.05) is 24.8 Å². The summed E-state index contributed by atoms with van der Waals surface area (Å²) in [7, 11) is 0. The van der Waals surface area contributed by atoms with Gasteiger partial charge < -0.3 is 14.4 Å². The van der Waals surface area contributed by atoms with Gasteiger partial charge in [0, 0.05) is 51.3 Å². The number of nitrogens with zero attached hydrogens (tertiary/aromatic N) is 3. The lowest BCUT2D eigenvalue weighted by Crippen LogP contribution is -2.53. The number of benzene rings is 1. The first-order valence-electron chi connectivity index (χ1n) is 12.9. The summed E-state index contributed by atoms with van der Waals surface area (Å²) in [5, 5.41) is 2.33. The summed E-state index contributed by atoms with van der Waals surface area (Å²) in [5.41, 5.74) is 1.54. The van der Waals surface area contributed by atoms with E-state index in [1.165, 1.54) is 4.90 Å². The number of esters is 1. The number of nitrogens with one attached hydrogen (secondary N) is 1. The molecule has 3 fully saturated rings. The number of carbonyl (C=O) groups excluding carboxylic acids is 4. The highest BCUT2D eigenvalue weighted by molar-refractivity contribution is 6.06. The lowest BCUT2D eigenvalue weighted by atomic mass is 9.85. The summed E-state index contributed by atoms with van der Waals surface area (Å²) in [6.07, 6.45) is 3.95. The Morgan fingerprint density at radius 1 is 1.03 bits per heavy atom. The molecule has 3 aliphatic rings. The molecule has 0 atom stereocenters. The maximum Gasteiger partial charge on any atom is 0.328 e. The van der Waals surface area contributed by atoms with Crippen molar-refractivity contribution < 1.29 is 28.7 Å². The Balaban J connectivity index is 1.23. The molecule has 1 aromatic rings. The van der Waals surface area contributed by atoms with Gasteiger partial charge in [-0.25, -0.2) is 4.79 Å². The van der Waals surface area contributed by atoms with Gasteiger partial charge in [-0.2, -0.15) is 0 Å². The predicted molar refractivity (Wildman–Crippen MR) is 133 cm³/mol. The molecular weight excluding hydrogens is 464 g/mol. The summed E-state index contributed by atoms with van der Waals surface area (Å²) in [5.74, 6) is 0.114. The van der Waals surface area contributed by atoms with E-state index in [4.69, 9.17) is 9.47 Å². The second-order valence-corrected chi connectivity index (χ2v) is 9.67. The zero-order chi connectivity index (χ0) is 25.7. The van der Waals surface area contributed by atoms with Crippen molar-refractivity contribution in [3.63, 3.8) is 0 Å². The number of ether oxygens (including phenoxy) is 2. The van der Waals surface area contributed by atoms with Crippen LogP contribution in [0.4, 0.5) is 10.5 Å². The molecule has 4 amide bonds. The van der Waals surface area contributed by atoms with Crippen LogP contribution in [0.5, 0.6) is 5.75 Å². The minimum atomic E-state index is -0.449. The summed E-state index contributed by atoms with van der Waals surface area (Å²) >= 11 is 0. The zero-order valence-corrected chi connectivity index (χ0v) is 21.2. The first kappa shape index (κ1) is 25.9. The van der Waals surface area contributed by atoms with Crippen molar-refractivity contribution >= 4 is 29.5 Å². The van der Waals surface area contributed by atoms with Crippen LogP contribution in [-0.2, 0) is 19.1 Å². The zero-order valence-electron chi connectivity index (χ0n) is 21.2. The number of piperazine rings is 1. The number of carbonyl (C=O) groups is 4. The van der Waals surface area contributed by atoms with Crippen LogP contribution in [0.3, 0.4) is 0 Å². The van der Waals surface area contributed by atoms with Gasteiger partial charge in [0.15, 0.2) is 6.61 Å². The van der Waals surface area contributed by atoms with E-state index in [1.54, 1.807) is 12.1 Å². The Hall–Kier alpha value is -3.14. The molecule has 1 saturated carbocycles. The second kappa shape index (κ2) is 11.7. The van der Waals surface area contributed by atoms with E-state index in [9.17, 15) is 19.2 Å². The first-order valence-corrected chi connectivity index (χ1v) is 12.9. The number of imide groups is 1. The summed E-state index contributed by atoms with van der Waals surface area (Å²) < 4.78 is 11.0. The molecule has 0 unspecified atom stereocenters. The SMILES string of the molecule is CCOC(=O)C1CCC(N2CCN(C(=O)COc3ccc(C)c(N4CCC(=O)NC4=O)c3)CC2)CC1. The molecule has 0 aromatic heterocycles. The van der Waals surface area contributed by atoms with Crippen LogP contribution in [0.15, 0.2) is 18.2 Å². The molecule has 196 valence electrons. The minimum absolute atomic E-state index is 0.0234. The number of hydrogen-bond donors (Lipinski definition) is 1. The molecule has 2 saturated heterocycles. The maximum absolute atomic E-state index is 12.8. The Kier molecular flexibility index (Phi) is 8.45. The quantitative estimate of drug-likeness (QED) is 0.571. The number of amides is 4. The smallest absolute Gasteiger partial charge is 0.328 e. The molecule has 4 rings (SSSR count). The predicted octanol–water partition coefficient (Wildman–Crippen LogP) is 2.09. The Bertz CT molecular complexity index is 983. The third-order valence-corrected chi connectivity index (χ3v) is 7.39.